The van der Waals surface area contributed by atoms with Crippen molar-refractivity contribution < 1.29 is 28.2 Å². The van der Waals surface area contributed by atoms with Crippen molar-refractivity contribution in [1.82, 2.24) is 24.8 Å². The minimum absolute atomic E-state index is 0.0478. The molecule has 1 unspecified atom stereocenters. The second-order valence-corrected chi connectivity index (χ2v) is 9.31. The lowest BCUT2D eigenvalue weighted by molar-refractivity contribution is -0.167. The van der Waals surface area contributed by atoms with Crippen molar-refractivity contribution in [2.75, 3.05) is 52.6 Å². The average Bonchev–Trinajstić information content (AvgIpc) is 3.35. The number of carbonyl (C=O) groups is 2. The molecule has 2 fully saturated rings. The number of hydrogen-bond donors (Lipinski definition) is 0. The smallest absolute Gasteiger partial charge is 0.225 e. The van der Waals surface area contributed by atoms with E-state index in [1.807, 2.05) is 24.3 Å². The number of benzene rings is 2. The van der Waals surface area contributed by atoms with Gasteiger partial charge in [0.1, 0.15) is 29.3 Å². The summed E-state index contributed by atoms with van der Waals surface area (Å²) < 4.78 is 32.5. The summed E-state index contributed by atoms with van der Waals surface area (Å²) >= 11 is 0. The van der Waals surface area contributed by atoms with E-state index < -0.39 is 5.60 Å². The first-order valence-corrected chi connectivity index (χ1v) is 12.5. The van der Waals surface area contributed by atoms with Gasteiger partial charge in [-0.1, -0.05) is 17.3 Å². The van der Waals surface area contributed by atoms with Gasteiger partial charge in [0, 0.05) is 26.1 Å². The number of para-hydroxylation sites is 1. The first-order chi connectivity index (χ1) is 18.0. The molecule has 2 aliphatic rings. The molecule has 37 heavy (non-hydrogen) atoms. The molecule has 2 saturated heterocycles. The summed E-state index contributed by atoms with van der Waals surface area (Å²) in [7, 11) is 0. The number of carbonyl (C=O) groups excluding carboxylic acids is 2. The molecule has 0 radical (unpaired) electrons. The summed E-state index contributed by atoms with van der Waals surface area (Å²) in [5, 5.41) is 8.31. The molecule has 5 rings (SSSR count). The van der Waals surface area contributed by atoms with E-state index >= 15 is 0 Å². The molecular formula is C26H30FN5O5. The van der Waals surface area contributed by atoms with Crippen LogP contribution in [-0.2, 0) is 25.6 Å². The van der Waals surface area contributed by atoms with Crippen LogP contribution in [0, 0.1) is 5.82 Å². The highest BCUT2D eigenvalue weighted by Gasteiger charge is 2.42. The Hall–Kier alpha value is -3.57. The number of aromatic nitrogens is 3. The summed E-state index contributed by atoms with van der Waals surface area (Å²) in [6.07, 6.45) is 0.297. The number of halogens is 1. The number of hydrogen-bond acceptors (Lipinski definition) is 7. The Balaban J connectivity index is 1.27. The SMILES string of the molecule is O=C(CC1(COc2ccc(F)cc2)CN(C(=O)CCn2nnc3ccccc32)CCO1)N1CCOCC1. The maximum Gasteiger partial charge on any atom is 0.225 e. The molecular weight excluding hydrogens is 481 g/mol. The fraction of sp³-hybridized carbons (Fsp3) is 0.462. The Morgan fingerprint density at radius 3 is 2.54 bits per heavy atom. The van der Waals surface area contributed by atoms with E-state index in [4.69, 9.17) is 14.2 Å². The average molecular weight is 512 g/mol. The van der Waals surface area contributed by atoms with Crippen molar-refractivity contribution in [3.63, 3.8) is 0 Å². The quantitative estimate of drug-likeness (QED) is 0.455. The molecule has 0 bridgehead atoms. The molecule has 0 N–H and O–H groups in total. The van der Waals surface area contributed by atoms with E-state index in [0.717, 1.165) is 11.0 Å². The summed E-state index contributed by atoms with van der Waals surface area (Å²) in [5.74, 6) is -0.0395. The Bertz CT molecular complexity index is 1230. The van der Waals surface area contributed by atoms with Crippen LogP contribution in [0.4, 0.5) is 4.39 Å². The molecule has 1 aromatic heterocycles. The van der Waals surface area contributed by atoms with E-state index in [1.54, 1.807) is 14.5 Å². The molecule has 1 atom stereocenters. The number of nitrogens with zero attached hydrogens (tertiary/aromatic N) is 5. The van der Waals surface area contributed by atoms with Gasteiger partial charge in [-0.05, 0) is 36.4 Å². The summed E-state index contributed by atoms with van der Waals surface area (Å²) in [5.41, 5.74) is 0.618. The number of rotatable bonds is 8. The summed E-state index contributed by atoms with van der Waals surface area (Å²) in [4.78, 5) is 29.9. The highest BCUT2D eigenvalue weighted by Crippen LogP contribution is 2.26. The number of morpholine rings is 2. The van der Waals surface area contributed by atoms with Crippen LogP contribution in [0.3, 0.4) is 0 Å². The number of fused-ring (bicyclic) bond motifs is 1. The predicted octanol–water partition coefficient (Wildman–Crippen LogP) is 1.89. The summed E-state index contributed by atoms with van der Waals surface area (Å²) in [6.45, 7) is 3.36. The Kier molecular flexibility index (Phi) is 7.61. The molecule has 2 aromatic carbocycles. The number of ether oxygens (including phenoxy) is 3. The molecule has 2 amide bonds. The molecule has 0 spiro atoms. The molecule has 196 valence electrons. The van der Waals surface area contributed by atoms with E-state index in [1.165, 1.54) is 24.3 Å². The van der Waals surface area contributed by atoms with Gasteiger partial charge < -0.3 is 24.0 Å². The molecule has 0 saturated carbocycles. The van der Waals surface area contributed by atoms with Crippen molar-refractivity contribution >= 4 is 22.8 Å². The van der Waals surface area contributed by atoms with E-state index in [0.29, 0.717) is 45.1 Å². The van der Waals surface area contributed by atoms with Crippen LogP contribution >= 0.6 is 0 Å². The van der Waals surface area contributed by atoms with Crippen LogP contribution in [0.2, 0.25) is 0 Å². The zero-order valence-electron chi connectivity index (χ0n) is 20.6. The van der Waals surface area contributed by atoms with Crippen LogP contribution in [0.15, 0.2) is 48.5 Å². The fourth-order valence-electron chi connectivity index (χ4n) is 4.69. The Labute approximate surface area is 213 Å². The molecule has 11 heteroatoms. The third-order valence-corrected chi connectivity index (χ3v) is 6.71. The van der Waals surface area contributed by atoms with Gasteiger partial charge in [0.05, 0.1) is 44.8 Å². The summed E-state index contributed by atoms with van der Waals surface area (Å²) in [6, 6.07) is 13.3. The van der Waals surface area contributed by atoms with Gasteiger partial charge in [-0.15, -0.1) is 5.10 Å². The molecule has 2 aliphatic heterocycles. The lowest BCUT2D eigenvalue weighted by Crippen LogP contribution is -2.58. The lowest BCUT2D eigenvalue weighted by Gasteiger charge is -2.43. The third kappa shape index (κ3) is 6.05. The predicted molar refractivity (Wildman–Crippen MR) is 131 cm³/mol. The van der Waals surface area contributed by atoms with Crippen molar-refractivity contribution in [1.29, 1.82) is 0 Å². The first-order valence-electron chi connectivity index (χ1n) is 12.5. The standard InChI is InChI=1S/C26H30FN5O5/c27-20-5-7-21(8-6-20)36-19-26(17-25(34)30-11-14-35-15-12-30)18-31(13-16-37-26)24(33)9-10-32-23-4-2-1-3-22(23)28-29-32/h1-8H,9-19H2. The minimum Gasteiger partial charge on any atom is -0.490 e. The number of amides is 2. The second kappa shape index (κ2) is 11.2. The fourth-order valence-corrected chi connectivity index (χ4v) is 4.69. The Morgan fingerprint density at radius 1 is 0.973 bits per heavy atom. The monoisotopic (exact) mass is 511 g/mol. The lowest BCUT2D eigenvalue weighted by atomic mass is 9.96. The van der Waals surface area contributed by atoms with Crippen molar-refractivity contribution in [3.05, 3.63) is 54.3 Å². The minimum atomic E-state index is -1.03. The van der Waals surface area contributed by atoms with Gasteiger partial charge >= 0.3 is 0 Å². The van der Waals surface area contributed by atoms with Gasteiger partial charge in [0.2, 0.25) is 11.8 Å². The van der Waals surface area contributed by atoms with Crippen molar-refractivity contribution in [2.45, 2.75) is 25.0 Å². The van der Waals surface area contributed by atoms with Crippen molar-refractivity contribution in [3.8, 4) is 5.75 Å². The van der Waals surface area contributed by atoms with Gasteiger partial charge in [0.15, 0.2) is 0 Å². The topological polar surface area (TPSA) is 99.0 Å². The first kappa shape index (κ1) is 25.1. The zero-order chi connectivity index (χ0) is 25.7. The van der Waals surface area contributed by atoms with Crippen molar-refractivity contribution in [2.24, 2.45) is 0 Å². The van der Waals surface area contributed by atoms with Gasteiger partial charge in [-0.2, -0.15) is 0 Å². The van der Waals surface area contributed by atoms with Gasteiger partial charge in [-0.3, -0.25) is 9.59 Å². The maximum atomic E-state index is 13.3. The van der Waals surface area contributed by atoms with Gasteiger partial charge in [0.25, 0.3) is 0 Å². The van der Waals surface area contributed by atoms with Crippen LogP contribution in [-0.4, -0.2) is 94.8 Å². The van der Waals surface area contributed by atoms with E-state index in [9.17, 15) is 14.0 Å². The third-order valence-electron chi connectivity index (χ3n) is 6.71. The largest absolute Gasteiger partial charge is 0.490 e. The van der Waals surface area contributed by atoms with Gasteiger partial charge in [-0.25, -0.2) is 9.07 Å². The highest BCUT2D eigenvalue weighted by molar-refractivity contribution is 5.79. The normalized spacial score (nSPS) is 20.2. The molecule has 0 aliphatic carbocycles. The van der Waals surface area contributed by atoms with Crippen LogP contribution < -0.4 is 4.74 Å². The molecule has 3 aromatic rings. The highest BCUT2D eigenvalue weighted by atomic mass is 19.1. The van der Waals surface area contributed by atoms with Crippen LogP contribution in [0.5, 0.6) is 5.75 Å². The maximum absolute atomic E-state index is 13.3. The second-order valence-electron chi connectivity index (χ2n) is 9.31. The van der Waals surface area contributed by atoms with Crippen LogP contribution in [0.1, 0.15) is 12.8 Å². The van der Waals surface area contributed by atoms with E-state index in [2.05, 4.69) is 10.3 Å². The number of aryl methyl sites for hydroxylation is 1. The van der Waals surface area contributed by atoms with Crippen LogP contribution in [0.25, 0.3) is 11.0 Å². The van der Waals surface area contributed by atoms with E-state index in [-0.39, 0.29) is 50.2 Å². The zero-order valence-corrected chi connectivity index (χ0v) is 20.6. The molecule has 3 heterocycles. The Morgan fingerprint density at radius 2 is 1.73 bits per heavy atom. The molecule has 10 nitrogen and oxygen atoms in total.